The first-order valence-electron chi connectivity index (χ1n) is 29.4. The van der Waals surface area contributed by atoms with E-state index in [1.54, 1.807) is 9.80 Å². The predicted octanol–water partition coefficient (Wildman–Crippen LogP) is -5.22. The fraction of sp³-hybridized carbons (Fsp3) is 0.630. The van der Waals surface area contributed by atoms with Gasteiger partial charge in [-0.2, -0.15) is 0 Å². The molecule has 2 aromatic rings. The van der Waals surface area contributed by atoms with Gasteiger partial charge in [0, 0.05) is 110 Å². The van der Waals surface area contributed by atoms with Crippen LogP contribution in [0.2, 0.25) is 0 Å². The van der Waals surface area contributed by atoms with Crippen molar-refractivity contribution in [2.24, 2.45) is 5.92 Å². The SMILES string of the molecule is O=CC(CO)CC(NC(=O)NC(CCCCNc1c(NCCNC(=O)CCC(C(=O)O)N2CCN(CC(=O)O)CCN(CCNc3c(NCCCCC(NC(=O)NC(CCC(=O)O)C(=O)O)C(=O)O)c(=O)c3=O)CCN(CC(=O)O)CC2)c(=O)c1=O)C(=O)O)C(=O)O. The standard InChI is InChI=1S/C54H81N13O25/c68-28-30(29-69)25-34(51(87)88)63-54(92)61-32(49(83)84)6-2-3-11-56-40-42(46(79)44(40)77)58-14-13-55-36(70)9-8-35(52(89)90)67-23-21-65(26-38(73)74)19-17-64(18-20-66(22-24-67)27-39(75)76)16-15-59-43-41(45(78)47(43)80)57-12-4-1-5-31(48(81)82)60-53(91)62-33(50(85)86)7-10-37(71)72/h28,30-35,56-59,69H,1-27,29H2,(H,55,70)(H,71,72)(H,73,74)(H,75,76)(H,81,82)(H,83,84)(H,85,86)(H,87,88)(H,89,90)(H2,60,62,91)(H2,61,63,92). The summed E-state index contributed by atoms with van der Waals surface area (Å²) < 4.78 is 0. The molecular formula is C54H81N13O25. The molecule has 0 spiro atoms. The molecule has 38 heteroatoms. The van der Waals surface area contributed by atoms with E-state index in [-0.39, 0.29) is 166 Å². The van der Waals surface area contributed by atoms with Gasteiger partial charge in [0.25, 0.3) is 21.7 Å². The number of rotatable bonds is 44. The second-order valence-electron chi connectivity index (χ2n) is 21.5. The molecule has 0 aromatic heterocycles. The minimum absolute atomic E-state index is 0.0226. The van der Waals surface area contributed by atoms with E-state index in [1.165, 1.54) is 4.90 Å². The van der Waals surface area contributed by atoms with Crippen LogP contribution in [0.4, 0.5) is 32.3 Å². The van der Waals surface area contributed by atoms with Gasteiger partial charge in [0.05, 0.1) is 19.7 Å². The Morgan fingerprint density at radius 2 is 0.815 bits per heavy atom. The molecule has 1 aliphatic rings. The van der Waals surface area contributed by atoms with E-state index in [4.69, 9.17) is 5.11 Å². The second kappa shape index (κ2) is 39.7. The number of carbonyl (C=O) groups excluding carboxylic acids is 4. The Balaban J connectivity index is 1.52. The van der Waals surface area contributed by atoms with Gasteiger partial charge in [-0.25, -0.2) is 28.8 Å². The molecule has 18 N–H and O–H groups in total. The van der Waals surface area contributed by atoms with E-state index in [9.17, 15) is 118 Å². The third kappa shape index (κ3) is 27.0. The van der Waals surface area contributed by atoms with Gasteiger partial charge < -0.3 is 98.6 Å². The first-order chi connectivity index (χ1) is 43.6. The van der Waals surface area contributed by atoms with E-state index in [0.29, 0.717) is 6.29 Å². The predicted molar refractivity (Wildman–Crippen MR) is 321 cm³/mol. The lowest BCUT2D eigenvalue weighted by molar-refractivity contribution is -0.145. The first-order valence-corrected chi connectivity index (χ1v) is 29.4. The van der Waals surface area contributed by atoms with Crippen LogP contribution in [-0.4, -0.2) is 279 Å². The van der Waals surface area contributed by atoms with Crippen molar-refractivity contribution in [2.75, 3.05) is 133 Å². The molecule has 0 saturated carbocycles. The maximum atomic E-state index is 13.1. The number of carboxylic acids is 8. The molecular weight excluding hydrogens is 1230 g/mol. The number of aliphatic carboxylic acids is 8. The molecule has 3 rings (SSSR count). The summed E-state index contributed by atoms with van der Waals surface area (Å²) in [6.07, 6.45) is -1.15. The molecule has 5 amide bonds. The first kappa shape index (κ1) is 76.8. The lowest BCUT2D eigenvalue weighted by Gasteiger charge is -2.35. The van der Waals surface area contributed by atoms with Crippen LogP contribution in [0.1, 0.15) is 70.6 Å². The highest BCUT2D eigenvalue weighted by molar-refractivity contribution is 5.87. The van der Waals surface area contributed by atoms with Crippen molar-refractivity contribution in [2.45, 2.75) is 101 Å². The third-order valence-corrected chi connectivity index (χ3v) is 14.7. The van der Waals surface area contributed by atoms with Gasteiger partial charge >= 0.3 is 59.8 Å². The largest absolute Gasteiger partial charge is 0.481 e. The van der Waals surface area contributed by atoms with Crippen LogP contribution in [0.3, 0.4) is 0 Å². The average Bonchev–Trinajstić information content (AvgIpc) is 0.841. The summed E-state index contributed by atoms with van der Waals surface area (Å²) in [4.78, 5) is 200. The zero-order valence-electron chi connectivity index (χ0n) is 50.2. The Bertz CT molecular complexity index is 2990. The van der Waals surface area contributed by atoms with Gasteiger partial charge in [0.2, 0.25) is 5.91 Å². The fourth-order valence-corrected chi connectivity index (χ4v) is 9.62. The number of carboxylic acid groups (broad SMARTS) is 8. The van der Waals surface area contributed by atoms with E-state index in [0.717, 1.165) is 0 Å². The Morgan fingerprint density at radius 1 is 0.424 bits per heavy atom. The molecule has 1 aliphatic heterocycles. The topological polar surface area (TPSA) is 576 Å². The maximum Gasteiger partial charge on any atom is 0.326 e. The summed E-state index contributed by atoms with van der Waals surface area (Å²) in [5.74, 6) is -12.6. The number of amides is 5. The monoisotopic (exact) mass is 1310 g/mol. The normalized spacial score (nSPS) is 15.7. The van der Waals surface area contributed by atoms with Crippen LogP contribution in [0.5, 0.6) is 0 Å². The number of nitrogens with one attached hydrogen (secondary N) is 9. The van der Waals surface area contributed by atoms with Gasteiger partial charge in [-0.15, -0.1) is 0 Å². The van der Waals surface area contributed by atoms with Crippen molar-refractivity contribution in [3.05, 3.63) is 40.9 Å². The number of aldehydes is 1. The van der Waals surface area contributed by atoms with Crippen molar-refractivity contribution in [1.82, 2.24) is 46.2 Å². The molecule has 92 heavy (non-hydrogen) atoms. The third-order valence-electron chi connectivity index (χ3n) is 14.7. The van der Waals surface area contributed by atoms with Crippen LogP contribution < -0.4 is 69.6 Å². The smallest absolute Gasteiger partial charge is 0.326 e. The lowest BCUT2D eigenvalue weighted by Crippen LogP contribution is -2.52. The van der Waals surface area contributed by atoms with E-state index < -0.39 is 163 Å². The summed E-state index contributed by atoms with van der Waals surface area (Å²) in [5, 5.41) is 108. The average molecular weight is 1310 g/mol. The summed E-state index contributed by atoms with van der Waals surface area (Å²) in [6, 6.07) is -9.72. The number of carbonyl (C=O) groups is 12. The Kier molecular flexibility index (Phi) is 33.1. The number of aliphatic hydroxyl groups is 1. The molecule has 38 nitrogen and oxygen atoms in total. The highest BCUT2D eigenvalue weighted by atomic mass is 16.4. The van der Waals surface area contributed by atoms with Crippen molar-refractivity contribution in [1.29, 1.82) is 0 Å². The quantitative estimate of drug-likeness (QED) is 0.0167. The summed E-state index contributed by atoms with van der Waals surface area (Å²) in [5.41, 5.74) is -3.55. The van der Waals surface area contributed by atoms with Gasteiger partial charge in [0.1, 0.15) is 59.2 Å². The van der Waals surface area contributed by atoms with Crippen LogP contribution in [-0.2, 0) is 47.9 Å². The molecule has 0 aliphatic carbocycles. The van der Waals surface area contributed by atoms with Gasteiger partial charge in [-0.3, -0.25) is 62.8 Å². The van der Waals surface area contributed by atoms with E-state index >= 15 is 0 Å². The summed E-state index contributed by atoms with van der Waals surface area (Å²) in [6.45, 7) is -0.591. The minimum atomic E-state index is -1.61. The number of aliphatic hydroxyl groups excluding tert-OH is 1. The Labute approximate surface area is 523 Å². The van der Waals surface area contributed by atoms with E-state index in [2.05, 4.69) is 42.5 Å². The summed E-state index contributed by atoms with van der Waals surface area (Å²) >= 11 is 0. The van der Waals surface area contributed by atoms with Gasteiger partial charge in [0.15, 0.2) is 0 Å². The molecule has 1 saturated heterocycles. The zero-order chi connectivity index (χ0) is 68.6. The molecule has 6 unspecified atom stereocenters. The van der Waals surface area contributed by atoms with Gasteiger partial charge in [-0.05, 0) is 57.8 Å². The maximum absolute atomic E-state index is 13.1. The van der Waals surface area contributed by atoms with Crippen LogP contribution >= 0.6 is 0 Å². The molecule has 512 valence electrons. The number of urea groups is 2. The number of hydrogen-bond donors (Lipinski definition) is 18. The number of hydrogen-bond acceptors (Lipinski definition) is 25. The number of anilines is 4. The molecule has 6 atom stereocenters. The van der Waals surface area contributed by atoms with Gasteiger partial charge in [-0.1, -0.05) is 0 Å². The summed E-state index contributed by atoms with van der Waals surface area (Å²) in [7, 11) is 0. The number of unbranched alkanes of at least 4 members (excludes halogenated alkanes) is 2. The minimum Gasteiger partial charge on any atom is -0.481 e. The van der Waals surface area contributed by atoms with E-state index in [1.807, 2.05) is 10.2 Å². The molecule has 1 heterocycles. The van der Waals surface area contributed by atoms with Crippen molar-refractivity contribution in [3.63, 3.8) is 0 Å². The molecule has 0 bridgehead atoms. The Hall–Kier alpha value is -9.40. The van der Waals surface area contributed by atoms with Crippen molar-refractivity contribution < 1.29 is 103 Å². The highest BCUT2D eigenvalue weighted by Gasteiger charge is 2.31. The zero-order valence-corrected chi connectivity index (χ0v) is 50.2. The molecule has 2 aromatic carbocycles. The van der Waals surface area contributed by atoms with Crippen molar-refractivity contribution in [3.8, 4) is 0 Å². The van der Waals surface area contributed by atoms with Crippen LogP contribution in [0.15, 0.2) is 19.2 Å². The molecule has 1 fully saturated rings. The second-order valence-corrected chi connectivity index (χ2v) is 21.5. The van der Waals surface area contributed by atoms with Crippen LogP contribution in [0, 0.1) is 5.92 Å². The van der Waals surface area contributed by atoms with Crippen LogP contribution in [0.25, 0.3) is 0 Å². The number of nitrogens with zero attached hydrogens (tertiary/aromatic N) is 4. The fourth-order valence-electron chi connectivity index (χ4n) is 9.62. The molecule has 0 radical (unpaired) electrons. The Morgan fingerprint density at radius 3 is 1.21 bits per heavy atom. The van der Waals surface area contributed by atoms with Crippen molar-refractivity contribution >= 4 is 94.8 Å². The highest BCUT2D eigenvalue weighted by Crippen LogP contribution is 2.17. The lowest BCUT2D eigenvalue weighted by atomic mass is 10.0.